The van der Waals surface area contributed by atoms with Gasteiger partial charge in [-0.2, -0.15) is 0 Å². The third kappa shape index (κ3) is 3.30. The second kappa shape index (κ2) is 6.63. The van der Waals surface area contributed by atoms with Gasteiger partial charge in [0.15, 0.2) is 0 Å². The van der Waals surface area contributed by atoms with Crippen molar-refractivity contribution in [1.29, 1.82) is 0 Å². The van der Waals surface area contributed by atoms with E-state index < -0.39 is 0 Å². The molecular formula is C18H21BrN2. The summed E-state index contributed by atoms with van der Waals surface area (Å²) < 4.78 is 1.19. The number of hydrogen-bond acceptors (Lipinski definition) is 2. The summed E-state index contributed by atoms with van der Waals surface area (Å²) in [4.78, 5) is 2.46. The van der Waals surface area contributed by atoms with E-state index in [2.05, 4.69) is 75.5 Å². The molecule has 1 aliphatic heterocycles. The van der Waals surface area contributed by atoms with Gasteiger partial charge < -0.3 is 10.2 Å². The molecule has 0 saturated carbocycles. The van der Waals surface area contributed by atoms with Gasteiger partial charge in [0, 0.05) is 29.8 Å². The van der Waals surface area contributed by atoms with E-state index in [1.54, 1.807) is 0 Å². The highest BCUT2D eigenvalue weighted by Crippen LogP contribution is 2.28. The monoisotopic (exact) mass is 344 g/mol. The molecule has 110 valence electrons. The quantitative estimate of drug-likeness (QED) is 0.897. The van der Waals surface area contributed by atoms with Gasteiger partial charge in [0.05, 0.1) is 0 Å². The van der Waals surface area contributed by atoms with Gasteiger partial charge in [0.1, 0.15) is 0 Å². The van der Waals surface area contributed by atoms with Gasteiger partial charge in [0.2, 0.25) is 0 Å². The Bertz CT molecular complexity index is 624. The first-order chi connectivity index (χ1) is 10.3. The van der Waals surface area contributed by atoms with Crippen molar-refractivity contribution in [3.05, 3.63) is 63.6 Å². The van der Waals surface area contributed by atoms with Crippen molar-refractivity contribution in [2.24, 2.45) is 0 Å². The zero-order valence-corrected chi connectivity index (χ0v) is 14.0. The maximum absolute atomic E-state index is 3.71. The van der Waals surface area contributed by atoms with Crippen LogP contribution >= 0.6 is 15.9 Å². The molecule has 1 aliphatic rings. The predicted octanol–water partition coefficient (Wildman–Crippen LogP) is 4.12. The number of rotatable bonds is 4. The van der Waals surface area contributed by atoms with Crippen LogP contribution in [0.1, 0.15) is 23.6 Å². The van der Waals surface area contributed by atoms with Gasteiger partial charge in [-0.15, -0.1) is 0 Å². The van der Waals surface area contributed by atoms with Gasteiger partial charge in [-0.1, -0.05) is 53.2 Å². The number of nitrogens with one attached hydrogen (secondary N) is 1. The molecule has 0 aromatic heterocycles. The topological polar surface area (TPSA) is 15.3 Å². The molecule has 3 heteroatoms. The van der Waals surface area contributed by atoms with Gasteiger partial charge in [-0.3, -0.25) is 0 Å². The summed E-state index contributed by atoms with van der Waals surface area (Å²) >= 11 is 3.71. The predicted molar refractivity (Wildman–Crippen MR) is 92.7 cm³/mol. The number of fused-ring (bicyclic) bond motifs is 1. The van der Waals surface area contributed by atoms with Crippen LogP contribution in [0, 0.1) is 0 Å². The lowest BCUT2D eigenvalue weighted by Gasteiger charge is -2.31. The highest BCUT2D eigenvalue weighted by molar-refractivity contribution is 9.10. The van der Waals surface area contributed by atoms with Crippen LogP contribution in [0.5, 0.6) is 0 Å². The van der Waals surface area contributed by atoms with E-state index in [4.69, 9.17) is 0 Å². The second-order valence-electron chi connectivity index (χ2n) is 5.50. The molecule has 0 saturated heterocycles. The minimum Gasteiger partial charge on any atom is -0.367 e. The van der Waals surface area contributed by atoms with Crippen LogP contribution in [-0.4, -0.2) is 13.1 Å². The summed E-state index contributed by atoms with van der Waals surface area (Å²) in [6, 6.07) is 15.5. The summed E-state index contributed by atoms with van der Waals surface area (Å²) in [5.74, 6) is 0. The number of anilines is 1. The average molecular weight is 345 g/mol. The van der Waals surface area contributed by atoms with E-state index in [1.165, 1.54) is 26.9 Å². The van der Waals surface area contributed by atoms with Crippen LogP contribution in [0.25, 0.3) is 0 Å². The van der Waals surface area contributed by atoms with Crippen LogP contribution in [-0.2, 0) is 19.5 Å². The molecule has 21 heavy (non-hydrogen) atoms. The summed E-state index contributed by atoms with van der Waals surface area (Å²) in [5.41, 5.74) is 5.57. The van der Waals surface area contributed by atoms with Crippen molar-refractivity contribution in [1.82, 2.24) is 5.32 Å². The van der Waals surface area contributed by atoms with Crippen LogP contribution in [0.4, 0.5) is 5.69 Å². The smallest absolute Gasteiger partial charge is 0.0432 e. The van der Waals surface area contributed by atoms with Crippen molar-refractivity contribution >= 4 is 21.6 Å². The first-order valence-electron chi connectivity index (χ1n) is 7.59. The number of hydrogen-bond donors (Lipinski definition) is 1. The van der Waals surface area contributed by atoms with Crippen LogP contribution < -0.4 is 10.2 Å². The van der Waals surface area contributed by atoms with Crippen molar-refractivity contribution in [3.63, 3.8) is 0 Å². The Morgan fingerprint density at radius 3 is 2.71 bits per heavy atom. The minimum atomic E-state index is 0.917. The summed E-state index contributed by atoms with van der Waals surface area (Å²) in [5, 5.41) is 3.37. The molecule has 2 nitrogen and oxygen atoms in total. The zero-order chi connectivity index (χ0) is 14.7. The van der Waals surface area contributed by atoms with Crippen LogP contribution in [0.3, 0.4) is 0 Å². The second-order valence-corrected chi connectivity index (χ2v) is 6.35. The average Bonchev–Trinajstić information content (AvgIpc) is 2.53. The third-order valence-electron chi connectivity index (χ3n) is 4.10. The largest absolute Gasteiger partial charge is 0.367 e. The Kier molecular flexibility index (Phi) is 4.61. The van der Waals surface area contributed by atoms with E-state index in [-0.39, 0.29) is 0 Å². The zero-order valence-electron chi connectivity index (χ0n) is 12.4. The van der Waals surface area contributed by atoms with Crippen LogP contribution in [0.2, 0.25) is 0 Å². The molecule has 0 atom stereocenters. The Balaban J connectivity index is 1.78. The molecule has 0 unspecified atom stereocenters. The highest BCUT2D eigenvalue weighted by atomic mass is 79.9. The van der Waals surface area contributed by atoms with Crippen molar-refractivity contribution in [2.45, 2.75) is 26.4 Å². The maximum atomic E-state index is 3.71. The van der Waals surface area contributed by atoms with Crippen LogP contribution in [0.15, 0.2) is 46.9 Å². The van der Waals surface area contributed by atoms with Crippen molar-refractivity contribution in [3.8, 4) is 0 Å². The fourth-order valence-electron chi connectivity index (χ4n) is 2.85. The molecule has 2 aromatic carbocycles. The molecule has 0 aliphatic carbocycles. The lowest BCUT2D eigenvalue weighted by molar-refractivity contribution is 0.720. The molecule has 2 aromatic rings. The maximum Gasteiger partial charge on any atom is 0.0432 e. The molecule has 3 rings (SSSR count). The standard InChI is InChI=1S/C18H21BrN2/c1-2-20-12-15-7-8-17(11-18(15)19)21-10-9-14-5-3-4-6-16(14)13-21/h3-8,11,20H,2,9-10,12-13H2,1H3. The normalized spacial score (nSPS) is 14.1. The third-order valence-corrected chi connectivity index (χ3v) is 4.84. The number of benzene rings is 2. The Morgan fingerprint density at radius 2 is 1.95 bits per heavy atom. The Labute approximate surface area is 135 Å². The van der Waals surface area contributed by atoms with E-state index in [0.29, 0.717) is 0 Å². The lowest BCUT2D eigenvalue weighted by atomic mass is 9.99. The Hall–Kier alpha value is -1.32. The molecule has 0 radical (unpaired) electrons. The van der Waals surface area contributed by atoms with Gasteiger partial charge in [-0.25, -0.2) is 0 Å². The van der Waals surface area contributed by atoms with E-state index in [9.17, 15) is 0 Å². The first-order valence-corrected chi connectivity index (χ1v) is 8.38. The van der Waals surface area contributed by atoms with E-state index in [1.807, 2.05) is 0 Å². The molecule has 0 spiro atoms. The molecule has 0 bridgehead atoms. The minimum absolute atomic E-state index is 0.917. The summed E-state index contributed by atoms with van der Waals surface area (Å²) in [7, 11) is 0. The molecule has 0 fully saturated rings. The first kappa shape index (κ1) is 14.6. The summed E-state index contributed by atoms with van der Waals surface area (Å²) in [6.07, 6.45) is 1.13. The van der Waals surface area contributed by atoms with Gasteiger partial charge >= 0.3 is 0 Å². The fraction of sp³-hybridized carbons (Fsp3) is 0.333. The molecular weight excluding hydrogens is 324 g/mol. The SMILES string of the molecule is CCNCc1ccc(N2CCc3ccccc3C2)cc1Br. The van der Waals surface area contributed by atoms with Crippen molar-refractivity contribution < 1.29 is 0 Å². The molecule has 1 heterocycles. The number of nitrogens with zero attached hydrogens (tertiary/aromatic N) is 1. The van der Waals surface area contributed by atoms with E-state index >= 15 is 0 Å². The highest BCUT2D eigenvalue weighted by Gasteiger charge is 2.16. The van der Waals surface area contributed by atoms with Crippen molar-refractivity contribution in [2.75, 3.05) is 18.0 Å². The molecule has 0 amide bonds. The Morgan fingerprint density at radius 1 is 1.14 bits per heavy atom. The molecule has 1 N–H and O–H groups in total. The number of halogens is 1. The lowest BCUT2D eigenvalue weighted by Crippen LogP contribution is -2.30. The van der Waals surface area contributed by atoms with Gasteiger partial charge in [0.25, 0.3) is 0 Å². The van der Waals surface area contributed by atoms with Gasteiger partial charge in [-0.05, 0) is 41.8 Å². The fourth-order valence-corrected chi connectivity index (χ4v) is 3.36. The summed E-state index contributed by atoms with van der Waals surface area (Å²) in [6.45, 7) is 6.15. The van der Waals surface area contributed by atoms with E-state index in [0.717, 1.165) is 32.6 Å².